The van der Waals surface area contributed by atoms with E-state index in [-0.39, 0.29) is 4.90 Å². The third-order valence-electron chi connectivity index (χ3n) is 5.50. The van der Waals surface area contributed by atoms with Gasteiger partial charge in [-0.3, -0.25) is 4.99 Å². The molecule has 2 aliphatic heterocycles. The molecule has 0 radical (unpaired) electrons. The van der Waals surface area contributed by atoms with Crippen LogP contribution in [0.5, 0.6) is 11.5 Å². The van der Waals surface area contributed by atoms with Gasteiger partial charge in [0.15, 0.2) is 0 Å². The molecule has 31 heavy (non-hydrogen) atoms. The zero-order chi connectivity index (χ0) is 21.8. The molecule has 2 aromatic rings. The number of benzene rings is 2. The number of guanidine groups is 1. The molecule has 0 atom stereocenters. The Balaban J connectivity index is 1.43. The van der Waals surface area contributed by atoms with E-state index in [2.05, 4.69) is 14.8 Å². The number of nitrogens with zero attached hydrogens (tertiary/aromatic N) is 4. The molecule has 0 saturated carbocycles. The van der Waals surface area contributed by atoms with Crippen molar-refractivity contribution in [2.24, 2.45) is 4.99 Å². The molecule has 0 unspecified atom stereocenters. The van der Waals surface area contributed by atoms with Gasteiger partial charge in [-0.15, -0.1) is 0 Å². The lowest BCUT2D eigenvalue weighted by Crippen LogP contribution is -2.53. The molecule has 0 N–H and O–H groups in total. The fourth-order valence-corrected chi connectivity index (χ4v) is 5.31. The van der Waals surface area contributed by atoms with Crippen LogP contribution in [-0.2, 0) is 10.0 Å². The van der Waals surface area contributed by atoms with Gasteiger partial charge in [-0.05, 0) is 55.5 Å². The first-order valence-electron chi connectivity index (χ1n) is 10.5. The summed E-state index contributed by atoms with van der Waals surface area (Å²) in [4.78, 5) is 9.14. The number of ether oxygens (including phenoxy) is 2. The second-order valence-electron chi connectivity index (χ2n) is 7.34. The van der Waals surface area contributed by atoms with E-state index in [9.17, 15) is 8.42 Å². The van der Waals surface area contributed by atoms with Crippen molar-refractivity contribution in [1.29, 1.82) is 0 Å². The number of aliphatic imine (C=N–C) groups is 1. The molecular formula is C22H28N4O4S. The maximum atomic E-state index is 13.3. The van der Waals surface area contributed by atoms with E-state index in [1.54, 1.807) is 31.4 Å². The Bertz CT molecular complexity index is 1010. The second kappa shape index (κ2) is 9.05. The van der Waals surface area contributed by atoms with Crippen molar-refractivity contribution in [1.82, 2.24) is 9.21 Å². The van der Waals surface area contributed by atoms with Gasteiger partial charge in [0.05, 0.1) is 31.7 Å². The average molecular weight is 445 g/mol. The minimum atomic E-state index is -3.66. The Hall–Kier alpha value is -2.94. The summed E-state index contributed by atoms with van der Waals surface area (Å²) < 4.78 is 38.6. The van der Waals surface area contributed by atoms with Crippen LogP contribution in [-0.4, -0.2) is 76.6 Å². The van der Waals surface area contributed by atoms with Gasteiger partial charge in [0.1, 0.15) is 11.5 Å². The maximum Gasteiger partial charge on any atom is 0.266 e. The van der Waals surface area contributed by atoms with Crippen LogP contribution in [0.25, 0.3) is 0 Å². The van der Waals surface area contributed by atoms with Crippen LogP contribution in [0.2, 0.25) is 0 Å². The Labute approximate surface area is 183 Å². The molecule has 0 amide bonds. The fourth-order valence-electron chi connectivity index (χ4n) is 3.86. The Kier molecular flexibility index (Phi) is 6.22. The third-order valence-corrected chi connectivity index (χ3v) is 7.30. The molecule has 1 fully saturated rings. The van der Waals surface area contributed by atoms with Crippen molar-refractivity contribution in [3.8, 4) is 11.5 Å². The van der Waals surface area contributed by atoms with Crippen molar-refractivity contribution in [3.63, 3.8) is 0 Å². The summed E-state index contributed by atoms with van der Waals surface area (Å²) in [7, 11) is -2.01. The Morgan fingerprint density at radius 1 is 0.871 bits per heavy atom. The van der Waals surface area contributed by atoms with Crippen LogP contribution in [0.15, 0.2) is 58.4 Å². The summed E-state index contributed by atoms with van der Waals surface area (Å²) in [6, 6.07) is 14.6. The summed E-state index contributed by atoms with van der Waals surface area (Å²) in [6.45, 7) is 6.28. The summed E-state index contributed by atoms with van der Waals surface area (Å²) in [5, 5.41) is 0. The van der Waals surface area contributed by atoms with Crippen molar-refractivity contribution >= 4 is 21.7 Å². The van der Waals surface area contributed by atoms with E-state index in [1.165, 1.54) is 4.31 Å². The van der Waals surface area contributed by atoms with Gasteiger partial charge in [-0.25, -0.2) is 12.7 Å². The van der Waals surface area contributed by atoms with Crippen LogP contribution in [0.1, 0.15) is 6.92 Å². The molecule has 2 aliphatic rings. The highest BCUT2D eigenvalue weighted by atomic mass is 32.2. The highest BCUT2D eigenvalue weighted by Crippen LogP contribution is 2.25. The summed E-state index contributed by atoms with van der Waals surface area (Å²) in [6.07, 6.45) is 0. The monoisotopic (exact) mass is 444 g/mol. The molecule has 166 valence electrons. The molecule has 1 saturated heterocycles. The molecule has 2 aromatic carbocycles. The summed E-state index contributed by atoms with van der Waals surface area (Å²) in [5.74, 6) is 2.03. The third kappa shape index (κ3) is 4.41. The number of piperazine rings is 1. The minimum absolute atomic E-state index is 0.252. The van der Waals surface area contributed by atoms with E-state index in [1.807, 2.05) is 31.2 Å². The molecule has 9 heteroatoms. The van der Waals surface area contributed by atoms with E-state index in [4.69, 9.17) is 9.47 Å². The van der Waals surface area contributed by atoms with Crippen LogP contribution in [0.4, 0.5) is 5.69 Å². The van der Waals surface area contributed by atoms with Gasteiger partial charge in [-0.1, -0.05) is 0 Å². The van der Waals surface area contributed by atoms with Gasteiger partial charge in [0.25, 0.3) is 10.0 Å². The number of hydrogen-bond donors (Lipinski definition) is 0. The van der Waals surface area contributed by atoms with Crippen LogP contribution in [0, 0.1) is 0 Å². The first-order valence-corrected chi connectivity index (χ1v) is 11.9. The van der Waals surface area contributed by atoms with Crippen LogP contribution >= 0.6 is 0 Å². The number of hydrogen-bond acceptors (Lipinski definition) is 7. The van der Waals surface area contributed by atoms with Gasteiger partial charge >= 0.3 is 0 Å². The first-order chi connectivity index (χ1) is 15.0. The van der Waals surface area contributed by atoms with E-state index >= 15 is 0 Å². The average Bonchev–Trinajstić information content (AvgIpc) is 3.31. The normalized spacial score (nSPS) is 17.0. The number of rotatable bonds is 6. The van der Waals surface area contributed by atoms with Crippen LogP contribution in [0.3, 0.4) is 0 Å². The van der Waals surface area contributed by atoms with Crippen molar-refractivity contribution in [2.75, 3.05) is 57.9 Å². The molecular weight excluding hydrogens is 416 g/mol. The van der Waals surface area contributed by atoms with Crippen LogP contribution < -0.4 is 14.4 Å². The van der Waals surface area contributed by atoms with Gasteiger partial charge < -0.3 is 19.3 Å². The smallest absolute Gasteiger partial charge is 0.266 e. The quantitative estimate of drug-likeness (QED) is 0.681. The molecule has 2 heterocycles. The molecule has 0 spiro atoms. The van der Waals surface area contributed by atoms with Gasteiger partial charge in [0.2, 0.25) is 5.96 Å². The largest absolute Gasteiger partial charge is 0.497 e. The SMILES string of the molecule is CCOc1ccc(S(=O)(=O)N2CCN=C2N2CCN(c3ccc(OC)cc3)CC2)cc1. The molecule has 0 bridgehead atoms. The van der Waals surface area contributed by atoms with Crippen molar-refractivity contribution < 1.29 is 17.9 Å². The highest BCUT2D eigenvalue weighted by molar-refractivity contribution is 7.89. The minimum Gasteiger partial charge on any atom is -0.497 e. The maximum absolute atomic E-state index is 13.3. The zero-order valence-corrected chi connectivity index (χ0v) is 18.7. The van der Waals surface area contributed by atoms with E-state index < -0.39 is 10.0 Å². The first kappa shape index (κ1) is 21.3. The molecule has 8 nitrogen and oxygen atoms in total. The predicted molar refractivity (Wildman–Crippen MR) is 121 cm³/mol. The lowest BCUT2D eigenvalue weighted by molar-refractivity contribution is 0.340. The lowest BCUT2D eigenvalue weighted by Gasteiger charge is -2.38. The fraction of sp³-hybridized carbons (Fsp3) is 0.409. The standard InChI is InChI=1S/C22H28N4O4S/c1-3-30-20-8-10-21(11-9-20)31(27,28)26-13-12-23-22(26)25-16-14-24(15-17-25)18-4-6-19(29-2)7-5-18/h4-11H,3,12-17H2,1-2H3. The van der Waals surface area contributed by atoms with Gasteiger partial charge in [-0.2, -0.15) is 0 Å². The van der Waals surface area contributed by atoms with Crippen molar-refractivity contribution in [2.45, 2.75) is 11.8 Å². The summed E-state index contributed by atoms with van der Waals surface area (Å²) >= 11 is 0. The molecule has 4 rings (SSSR count). The van der Waals surface area contributed by atoms with Gasteiger partial charge in [0, 0.05) is 31.9 Å². The number of anilines is 1. The Morgan fingerprint density at radius 2 is 1.48 bits per heavy atom. The predicted octanol–water partition coefficient (Wildman–Crippen LogP) is 2.28. The molecule has 0 aromatic heterocycles. The van der Waals surface area contributed by atoms with E-state index in [0.29, 0.717) is 44.5 Å². The zero-order valence-electron chi connectivity index (χ0n) is 17.9. The summed E-state index contributed by atoms with van der Waals surface area (Å²) in [5.41, 5.74) is 1.13. The second-order valence-corrected chi connectivity index (χ2v) is 9.20. The topological polar surface area (TPSA) is 74.7 Å². The Morgan fingerprint density at radius 3 is 2.10 bits per heavy atom. The highest BCUT2D eigenvalue weighted by Gasteiger charge is 2.35. The number of methoxy groups -OCH3 is 1. The van der Waals surface area contributed by atoms with Crippen molar-refractivity contribution in [3.05, 3.63) is 48.5 Å². The molecule has 0 aliphatic carbocycles. The number of sulfonamides is 1. The lowest BCUT2D eigenvalue weighted by atomic mass is 10.2. The van der Waals surface area contributed by atoms with E-state index in [0.717, 1.165) is 24.5 Å².